The molecule has 126 valence electrons. The molecule has 0 unspecified atom stereocenters. The Bertz CT molecular complexity index is 740. The number of nitrogens with zero attached hydrogens (tertiary/aromatic N) is 1. The number of benzene rings is 2. The molecule has 3 nitrogen and oxygen atoms in total. The number of anilines is 1. The lowest BCUT2D eigenvalue weighted by atomic mass is 9.81. The summed E-state index contributed by atoms with van der Waals surface area (Å²) < 4.78 is 0. The minimum absolute atomic E-state index is 0.0154. The van der Waals surface area contributed by atoms with Crippen molar-refractivity contribution in [2.24, 2.45) is 0 Å². The third kappa shape index (κ3) is 3.47. The van der Waals surface area contributed by atoms with E-state index in [-0.39, 0.29) is 17.5 Å². The van der Waals surface area contributed by atoms with E-state index < -0.39 is 0 Å². The predicted molar refractivity (Wildman–Crippen MR) is 99.4 cm³/mol. The van der Waals surface area contributed by atoms with Gasteiger partial charge in [-0.15, -0.1) is 0 Å². The summed E-state index contributed by atoms with van der Waals surface area (Å²) in [6, 6.07) is 15.7. The maximum atomic E-state index is 12.6. The Morgan fingerprint density at radius 2 is 1.88 bits per heavy atom. The maximum Gasteiger partial charge on any atom is 0.226 e. The summed E-state index contributed by atoms with van der Waals surface area (Å²) >= 11 is 5.89. The van der Waals surface area contributed by atoms with Crippen LogP contribution in [0.5, 0.6) is 0 Å². The van der Waals surface area contributed by atoms with Gasteiger partial charge < -0.3 is 5.32 Å². The van der Waals surface area contributed by atoms with Crippen LogP contribution in [-0.2, 0) is 11.2 Å². The maximum absolute atomic E-state index is 12.6. The van der Waals surface area contributed by atoms with Gasteiger partial charge in [-0.1, -0.05) is 35.9 Å². The van der Waals surface area contributed by atoms with Gasteiger partial charge in [0, 0.05) is 28.7 Å². The molecule has 1 atom stereocenters. The number of carbonyl (C=O) groups excluding carboxylic acids is 1. The molecule has 1 aliphatic heterocycles. The summed E-state index contributed by atoms with van der Waals surface area (Å²) in [5.74, 6) is 0.0154. The Labute approximate surface area is 148 Å². The molecule has 0 fully saturated rings. The second-order valence-electron chi connectivity index (χ2n) is 7.07. The van der Waals surface area contributed by atoms with Gasteiger partial charge in [-0.3, -0.25) is 9.69 Å². The third-order valence-electron chi connectivity index (χ3n) is 4.97. The van der Waals surface area contributed by atoms with E-state index in [0.717, 1.165) is 12.1 Å². The Balaban J connectivity index is 1.80. The van der Waals surface area contributed by atoms with Gasteiger partial charge in [0.2, 0.25) is 5.91 Å². The zero-order valence-electron chi connectivity index (χ0n) is 14.3. The Morgan fingerprint density at radius 3 is 2.58 bits per heavy atom. The molecule has 3 rings (SSSR count). The number of nitrogens with one attached hydrogen (secondary N) is 1. The number of amides is 1. The van der Waals surface area contributed by atoms with Crippen LogP contribution in [0.15, 0.2) is 48.5 Å². The van der Waals surface area contributed by atoms with Gasteiger partial charge in [0.25, 0.3) is 0 Å². The standard InChI is InChI=1S/C20H23ClN2O/c1-20(2)13-14-6-4-5-7-17(14)18(23(20)3)12-19(24)22-16-10-8-15(21)9-11-16/h4-11,18H,12-13H2,1-3H3,(H,22,24)/t18-/m0/s1. The van der Waals surface area contributed by atoms with E-state index in [4.69, 9.17) is 11.6 Å². The predicted octanol–water partition coefficient (Wildman–Crippen LogP) is 4.68. The first-order chi connectivity index (χ1) is 11.4. The van der Waals surface area contributed by atoms with Crippen molar-refractivity contribution in [3.8, 4) is 0 Å². The topological polar surface area (TPSA) is 32.3 Å². The molecule has 0 aliphatic carbocycles. The first kappa shape index (κ1) is 17.0. The van der Waals surface area contributed by atoms with Crippen molar-refractivity contribution in [1.29, 1.82) is 0 Å². The van der Waals surface area contributed by atoms with Crippen molar-refractivity contribution in [2.75, 3.05) is 12.4 Å². The smallest absolute Gasteiger partial charge is 0.226 e. The van der Waals surface area contributed by atoms with Crippen LogP contribution in [0.3, 0.4) is 0 Å². The lowest BCUT2D eigenvalue weighted by Crippen LogP contribution is -2.49. The number of hydrogen-bond donors (Lipinski definition) is 1. The van der Waals surface area contributed by atoms with Gasteiger partial charge in [-0.25, -0.2) is 0 Å². The second-order valence-corrected chi connectivity index (χ2v) is 7.51. The molecule has 1 N–H and O–H groups in total. The van der Waals surface area contributed by atoms with Crippen LogP contribution in [0.25, 0.3) is 0 Å². The van der Waals surface area contributed by atoms with Crippen molar-refractivity contribution >= 4 is 23.2 Å². The van der Waals surface area contributed by atoms with Crippen LogP contribution in [0.1, 0.15) is 37.4 Å². The molecule has 0 saturated heterocycles. The molecule has 0 aromatic heterocycles. The summed E-state index contributed by atoms with van der Waals surface area (Å²) in [6.07, 6.45) is 1.43. The molecular formula is C20H23ClN2O. The van der Waals surface area contributed by atoms with E-state index in [1.54, 1.807) is 12.1 Å². The zero-order valence-corrected chi connectivity index (χ0v) is 15.1. The molecule has 1 aliphatic rings. The highest BCUT2D eigenvalue weighted by Crippen LogP contribution is 2.39. The van der Waals surface area contributed by atoms with E-state index >= 15 is 0 Å². The minimum Gasteiger partial charge on any atom is -0.326 e. The van der Waals surface area contributed by atoms with Crippen molar-refractivity contribution in [3.05, 3.63) is 64.7 Å². The zero-order chi connectivity index (χ0) is 17.3. The number of likely N-dealkylation sites (N-methyl/N-ethyl adjacent to an activating group) is 1. The summed E-state index contributed by atoms with van der Waals surface area (Å²) in [6.45, 7) is 4.46. The molecule has 1 heterocycles. The van der Waals surface area contributed by atoms with Crippen LogP contribution in [0.4, 0.5) is 5.69 Å². The minimum atomic E-state index is 0.0154. The van der Waals surface area contributed by atoms with Crippen LogP contribution >= 0.6 is 11.6 Å². The van der Waals surface area contributed by atoms with Gasteiger partial charge >= 0.3 is 0 Å². The number of rotatable bonds is 3. The fourth-order valence-corrected chi connectivity index (χ4v) is 3.54. The monoisotopic (exact) mass is 342 g/mol. The Kier molecular flexibility index (Phi) is 4.66. The normalized spacial score (nSPS) is 19.6. The van der Waals surface area contributed by atoms with E-state index in [1.807, 2.05) is 12.1 Å². The van der Waals surface area contributed by atoms with E-state index in [0.29, 0.717) is 11.4 Å². The molecule has 2 aromatic carbocycles. The number of carbonyl (C=O) groups is 1. The van der Waals surface area contributed by atoms with Crippen LogP contribution in [0, 0.1) is 0 Å². The first-order valence-electron chi connectivity index (χ1n) is 8.23. The van der Waals surface area contributed by atoms with Crippen LogP contribution in [-0.4, -0.2) is 23.4 Å². The SMILES string of the molecule is CN1[C@@H](CC(=O)Nc2ccc(Cl)cc2)c2ccccc2CC1(C)C. The molecule has 24 heavy (non-hydrogen) atoms. The molecule has 4 heteroatoms. The average molecular weight is 343 g/mol. The molecule has 2 aromatic rings. The first-order valence-corrected chi connectivity index (χ1v) is 8.61. The summed E-state index contributed by atoms with van der Waals surface area (Å²) in [5.41, 5.74) is 3.39. The Morgan fingerprint density at radius 1 is 1.21 bits per heavy atom. The van der Waals surface area contributed by atoms with Gasteiger partial charge in [-0.2, -0.15) is 0 Å². The number of hydrogen-bond acceptors (Lipinski definition) is 2. The second kappa shape index (κ2) is 6.58. The molecule has 1 amide bonds. The van der Waals surface area contributed by atoms with Gasteiger partial charge in [0.15, 0.2) is 0 Å². The van der Waals surface area contributed by atoms with E-state index in [2.05, 4.69) is 55.4 Å². The largest absolute Gasteiger partial charge is 0.326 e. The lowest BCUT2D eigenvalue weighted by molar-refractivity contribution is -0.118. The average Bonchev–Trinajstić information content (AvgIpc) is 2.54. The van der Waals surface area contributed by atoms with E-state index in [1.165, 1.54) is 11.1 Å². The fraction of sp³-hybridized carbons (Fsp3) is 0.350. The van der Waals surface area contributed by atoms with Crippen molar-refractivity contribution in [1.82, 2.24) is 4.90 Å². The van der Waals surface area contributed by atoms with Crippen LogP contribution < -0.4 is 5.32 Å². The van der Waals surface area contributed by atoms with E-state index in [9.17, 15) is 4.79 Å². The summed E-state index contributed by atoms with van der Waals surface area (Å²) in [7, 11) is 2.11. The molecular weight excluding hydrogens is 320 g/mol. The summed E-state index contributed by atoms with van der Waals surface area (Å²) in [4.78, 5) is 14.9. The number of halogens is 1. The molecule has 0 bridgehead atoms. The quantitative estimate of drug-likeness (QED) is 0.878. The van der Waals surface area contributed by atoms with Gasteiger partial charge in [-0.05, 0) is 62.7 Å². The number of fused-ring (bicyclic) bond motifs is 1. The third-order valence-corrected chi connectivity index (χ3v) is 5.22. The van der Waals surface area contributed by atoms with Gasteiger partial charge in [0.1, 0.15) is 0 Å². The summed E-state index contributed by atoms with van der Waals surface area (Å²) in [5, 5.41) is 3.63. The van der Waals surface area contributed by atoms with Crippen molar-refractivity contribution in [2.45, 2.75) is 38.3 Å². The molecule has 0 radical (unpaired) electrons. The molecule has 0 spiro atoms. The van der Waals surface area contributed by atoms with Gasteiger partial charge in [0.05, 0.1) is 0 Å². The highest BCUT2D eigenvalue weighted by Gasteiger charge is 2.37. The highest BCUT2D eigenvalue weighted by atomic mass is 35.5. The van der Waals surface area contributed by atoms with Crippen molar-refractivity contribution in [3.63, 3.8) is 0 Å². The van der Waals surface area contributed by atoms with Crippen molar-refractivity contribution < 1.29 is 4.79 Å². The lowest BCUT2D eigenvalue weighted by Gasteiger charge is -2.46. The van der Waals surface area contributed by atoms with Crippen LogP contribution in [0.2, 0.25) is 5.02 Å². The Hall–Kier alpha value is -1.84. The molecule has 0 saturated carbocycles. The highest BCUT2D eigenvalue weighted by molar-refractivity contribution is 6.30. The fourth-order valence-electron chi connectivity index (χ4n) is 3.41.